The first-order valence-corrected chi connectivity index (χ1v) is 9.76. The van der Waals surface area contributed by atoms with Gasteiger partial charge in [-0.05, 0) is 36.1 Å². The van der Waals surface area contributed by atoms with Crippen molar-refractivity contribution >= 4 is 22.7 Å². The lowest BCUT2D eigenvalue weighted by Gasteiger charge is -2.29. The minimum atomic E-state index is -0.527. The van der Waals surface area contributed by atoms with Crippen LogP contribution in [0.15, 0.2) is 41.0 Å². The molecule has 2 atom stereocenters. The van der Waals surface area contributed by atoms with Gasteiger partial charge in [-0.25, -0.2) is 5.43 Å². The molecule has 0 spiro atoms. The van der Waals surface area contributed by atoms with Crippen molar-refractivity contribution in [3.63, 3.8) is 0 Å². The highest BCUT2D eigenvalue weighted by Gasteiger charge is 2.27. The van der Waals surface area contributed by atoms with Gasteiger partial charge in [0.1, 0.15) is 10.8 Å². The highest BCUT2D eigenvalue weighted by Crippen LogP contribution is 2.28. The van der Waals surface area contributed by atoms with Crippen molar-refractivity contribution in [1.29, 1.82) is 0 Å². The lowest BCUT2D eigenvalue weighted by molar-refractivity contribution is -0.120. The summed E-state index contributed by atoms with van der Waals surface area (Å²) in [6.07, 6.45) is 3.29. The third kappa shape index (κ3) is 4.47. The summed E-state index contributed by atoms with van der Waals surface area (Å²) in [6, 6.07) is 7.53. The van der Waals surface area contributed by atoms with Crippen molar-refractivity contribution in [2.75, 3.05) is 26.7 Å². The summed E-state index contributed by atoms with van der Waals surface area (Å²) in [5.41, 5.74) is 4.70. The second-order valence-electron chi connectivity index (χ2n) is 6.44. The number of nitrogens with one attached hydrogen (secondary N) is 1. The maximum Gasteiger partial charge on any atom is 0.253 e. The highest BCUT2D eigenvalue weighted by molar-refractivity contribution is 8.15. The predicted octanol–water partition coefficient (Wildman–Crippen LogP) is 2.32. The van der Waals surface area contributed by atoms with Crippen molar-refractivity contribution in [1.82, 2.24) is 10.3 Å². The van der Waals surface area contributed by atoms with E-state index in [-0.39, 0.29) is 11.2 Å². The Balaban J connectivity index is 1.56. The van der Waals surface area contributed by atoms with Gasteiger partial charge in [0.05, 0.1) is 18.5 Å². The number of carbonyl (C=O) groups is 1. The van der Waals surface area contributed by atoms with E-state index in [9.17, 15) is 9.90 Å². The summed E-state index contributed by atoms with van der Waals surface area (Å²) in [6.45, 7) is 4.23. The predicted molar refractivity (Wildman–Crippen MR) is 104 cm³/mol. The minimum absolute atomic E-state index is 0.0121. The Bertz CT molecular complexity index is 702. The number of carbonyl (C=O) groups excluding carboxylic acids is 1. The molecule has 1 amide bonds. The summed E-state index contributed by atoms with van der Waals surface area (Å²) in [7, 11) is 1.63. The van der Waals surface area contributed by atoms with Crippen LogP contribution in [0.25, 0.3) is 0 Å². The number of ether oxygens (including phenoxy) is 1. The normalized spacial score (nSPS) is 22.3. The van der Waals surface area contributed by atoms with Crippen molar-refractivity contribution in [2.24, 2.45) is 5.10 Å². The third-order valence-corrected chi connectivity index (χ3v) is 6.09. The smallest absolute Gasteiger partial charge is 0.253 e. The fraction of sp³-hybridized carbons (Fsp3) is 0.474. The zero-order valence-electron chi connectivity index (χ0n) is 15.1. The number of aliphatic hydroxyl groups excluding tert-OH is 1. The molecule has 3 rings (SSSR count). The van der Waals surface area contributed by atoms with Gasteiger partial charge >= 0.3 is 0 Å². The van der Waals surface area contributed by atoms with Crippen LogP contribution in [0.4, 0.5) is 0 Å². The quantitative estimate of drug-likeness (QED) is 0.798. The van der Waals surface area contributed by atoms with E-state index in [0.717, 1.165) is 42.3 Å². The molecule has 0 saturated heterocycles. The number of nitrogens with zero attached hydrogens (tertiary/aromatic N) is 2. The molecule has 140 valence electrons. The average Bonchev–Trinajstić information content (AvgIpc) is 2.69. The van der Waals surface area contributed by atoms with Gasteiger partial charge in [-0.15, -0.1) is 0 Å². The van der Waals surface area contributed by atoms with E-state index in [0.29, 0.717) is 6.54 Å². The molecule has 0 bridgehead atoms. The Labute approximate surface area is 158 Å². The minimum Gasteiger partial charge on any atom is -0.497 e. The van der Waals surface area contributed by atoms with Crippen LogP contribution in [0.5, 0.6) is 5.75 Å². The van der Waals surface area contributed by atoms with Crippen LogP contribution in [0.2, 0.25) is 0 Å². The molecule has 2 N–H and O–H groups in total. The van der Waals surface area contributed by atoms with Crippen molar-refractivity contribution in [2.45, 2.75) is 31.1 Å². The molecule has 2 aliphatic heterocycles. The molecule has 0 aliphatic carbocycles. The largest absolute Gasteiger partial charge is 0.497 e. The molecular weight excluding hydrogens is 350 g/mol. The number of benzene rings is 1. The Morgan fingerprint density at radius 1 is 1.42 bits per heavy atom. The summed E-state index contributed by atoms with van der Waals surface area (Å²) < 4.78 is 5.15. The Morgan fingerprint density at radius 3 is 2.81 bits per heavy atom. The van der Waals surface area contributed by atoms with E-state index in [1.165, 1.54) is 5.57 Å². The Hall–Kier alpha value is -1.83. The van der Waals surface area contributed by atoms with Crippen molar-refractivity contribution in [3.8, 4) is 5.75 Å². The molecule has 2 unspecified atom stereocenters. The van der Waals surface area contributed by atoms with E-state index in [1.807, 2.05) is 31.2 Å². The van der Waals surface area contributed by atoms with Crippen molar-refractivity contribution < 1.29 is 14.6 Å². The average molecular weight is 375 g/mol. The first-order chi connectivity index (χ1) is 12.6. The molecule has 0 aromatic heterocycles. The monoisotopic (exact) mass is 375 g/mol. The SMILES string of the molecule is CCC1SC(C2=CCN(CC(O)c3ccc(OC)cc3)CC2)=NNC1=O. The second-order valence-corrected chi connectivity index (χ2v) is 7.63. The molecule has 6 nitrogen and oxygen atoms in total. The van der Waals surface area contributed by atoms with Gasteiger partial charge in [0.2, 0.25) is 0 Å². The van der Waals surface area contributed by atoms with E-state index in [1.54, 1.807) is 18.9 Å². The van der Waals surface area contributed by atoms with E-state index in [4.69, 9.17) is 4.74 Å². The summed E-state index contributed by atoms with van der Waals surface area (Å²) in [5.74, 6) is 0.775. The lowest BCUT2D eigenvalue weighted by atomic mass is 10.1. The van der Waals surface area contributed by atoms with Gasteiger partial charge in [-0.3, -0.25) is 9.69 Å². The number of hydrogen-bond donors (Lipinski definition) is 2. The van der Waals surface area contributed by atoms with Crippen LogP contribution in [-0.2, 0) is 4.79 Å². The van der Waals surface area contributed by atoms with Gasteiger partial charge in [-0.2, -0.15) is 5.10 Å². The van der Waals surface area contributed by atoms with E-state index < -0.39 is 6.10 Å². The lowest BCUT2D eigenvalue weighted by Crippen LogP contribution is -2.37. The zero-order valence-corrected chi connectivity index (χ0v) is 16.0. The molecule has 2 heterocycles. The number of methoxy groups -OCH3 is 1. The molecule has 0 radical (unpaired) electrons. The summed E-state index contributed by atoms with van der Waals surface area (Å²) in [5, 5.41) is 15.5. The van der Waals surface area contributed by atoms with Crippen LogP contribution in [0, 0.1) is 0 Å². The number of thioether (sulfide) groups is 1. The first kappa shape index (κ1) is 18.9. The van der Waals surface area contributed by atoms with Gasteiger partial charge in [-0.1, -0.05) is 36.9 Å². The Kier molecular flexibility index (Phi) is 6.34. The highest BCUT2D eigenvalue weighted by atomic mass is 32.2. The number of β-amino-alcohol motifs (C(OH)–C–C–N with tert-alkyl or cyclic N) is 1. The maximum atomic E-state index is 11.7. The fourth-order valence-corrected chi connectivity index (χ4v) is 4.09. The van der Waals surface area contributed by atoms with Crippen molar-refractivity contribution in [3.05, 3.63) is 41.5 Å². The number of rotatable bonds is 6. The summed E-state index contributed by atoms with van der Waals surface area (Å²) in [4.78, 5) is 13.9. The van der Waals surface area contributed by atoms with Gasteiger partial charge in [0, 0.05) is 19.6 Å². The molecule has 2 aliphatic rings. The first-order valence-electron chi connectivity index (χ1n) is 8.88. The summed E-state index contributed by atoms with van der Waals surface area (Å²) >= 11 is 1.55. The second kappa shape index (κ2) is 8.70. The van der Waals surface area contributed by atoms with E-state index in [2.05, 4.69) is 21.5 Å². The van der Waals surface area contributed by atoms with Gasteiger partial charge < -0.3 is 9.84 Å². The Morgan fingerprint density at radius 2 is 2.19 bits per heavy atom. The number of amides is 1. The molecule has 7 heteroatoms. The fourth-order valence-electron chi connectivity index (χ4n) is 3.06. The third-order valence-electron chi connectivity index (χ3n) is 4.68. The topological polar surface area (TPSA) is 74.2 Å². The molecule has 26 heavy (non-hydrogen) atoms. The standard InChI is InChI=1S/C19H25N3O3S/c1-3-17-18(24)20-21-19(26-17)14-8-10-22(11-9-14)12-16(23)13-4-6-15(25-2)7-5-13/h4-8,16-17,23H,3,9-12H2,1-2H3,(H,20,24). The molecular formula is C19H25N3O3S. The van der Waals surface area contributed by atoms with Gasteiger partial charge in [0.15, 0.2) is 0 Å². The van der Waals surface area contributed by atoms with Crippen LogP contribution >= 0.6 is 11.8 Å². The number of hydrazone groups is 1. The van der Waals surface area contributed by atoms with E-state index >= 15 is 0 Å². The van der Waals surface area contributed by atoms with Crippen LogP contribution in [0.3, 0.4) is 0 Å². The van der Waals surface area contributed by atoms with Crippen LogP contribution in [-0.4, -0.2) is 53.0 Å². The maximum absolute atomic E-state index is 11.7. The molecule has 1 aromatic rings. The molecule has 0 saturated carbocycles. The van der Waals surface area contributed by atoms with Crippen LogP contribution < -0.4 is 10.2 Å². The number of hydrogen-bond acceptors (Lipinski definition) is 6. The zero-order chi connectivity index (χ0) is 18.5. The van der Waals surface area contributed by atoms with Crippen LogP contribution in [0.1, 0.15) is 31.4 Å². The number of aliphatic hydroxyl groups is 1. The molecule has 0 fully saturated rings. The molecule has 1 aromatic carbocycles. The van der Waals surface area contributed by atoms with Gasteiger partial charge in [0.25, 0.3) is 5.91 Å².